The van der Waals surface area contributed by atoms with E-state index < -0.39 is 268 Å². The Balaban J connectivity index is 1.06. The van der Waals surface area contributed by atoms with Crippen LogP contribution in [0.1, 0.15) is 0 Å². The lowest BCUT2D eigenvalue weighted by Crippen LogP contribution is -2.68. The van der Waals surface area contributed by atoms with Gasteiger partial charge in [0.05, 0.1) is 92.5 Å². The predicted molar refractivity (Wildman–Crippen MR) is 279 cm³/mol. The summed E-state index contributed by atoms with van der Waals surface area (Å²) in [7, 11) is 0. The molecule has 15 saturated heterocycles. The van der Waals surface area contributed by atoms with Crippen LogP contribution in [0.2, 0.25) is 0 Å². The first-order valence-electron chi connectivity index (χ1n) is 29.3. The van der Waals surface area contributed by atoms with Crippen LogP contribution in [0.4, 0.5) is 0 Å². The van der Waals surface area contributed by atoms with Crippen LogP contribution in [0.3, 0.4) is 0 Å². The van der Waals surface area contributed by atoms with Gasteiger partial charge in [0.15, 0.2) is 44.0 Å². The van der Waals surface area contributed by atoms with E-state index in [9.17, 15) is 102 Å². The van der Waals surface area contributed by atoms with Crippen LogP contribution in [-0.2, 0) is 85.3 Å². The van der Waals surface area contributed by atoms with Crippen molar-refractivity contribution in [2.24, 2.45) is 5.11 Å². The molecule has 528 valence electrons. The van der Waals surface area contributed by atoms with Crippen LogP contribution in [0.25, 0.3) is 10.4 Å². The highest BCUT2D eigenvalue weighted by Crippen LogP contribution is 2.39. The van der Waals surface area contributed by atoms with Crippen LogP contribution in [0.15, 0.2) is 5.11 Å². The van der Waals surface area contributed by atoms with Crippen molar-refractivity contribution in [3.05, 3.63) is 10.4 Å². The molecule has 35 atom stereocenters. The number of aliphatic hydroxyl groups excluding tert-OH is 20. The Bertz CT molecular complexity index is 2180. The van der Waals surface area contributed by atoms with Crippen molar-refractivity contribution in [2.75, 3.05) is 99.0 Å². The van der Waals surface area contributed by atoms with Crippen molar-refractivity contribution in [3.63, 3.8) is 0 Å². The molecule has 0 radical (unpaired) electrons. The minimum absolute atomic E-state index is 0.00325. The quantitative estimate of drug-likeness (QED) is 0.0233. The minimum atomic E-state index is -2.23. The number of rotatable bonds is 20. The zero-order chi connectivity index (χ0) is 66.0. The lowest BCUT2D eigenvalue weighted by molar-refractivity contribution is -0.398. The molecule has 15 fully saturated rings. The number of nitrogens with zero attached hydrogens (tertiary/aromatic N) is 3. The van der Waals surface area contributed by atoms with Gasteiger partial charge in [0.25, 0.3) is 0 Å². The SMILES string of the molecule is [N-]=[N+]=NCCOCCOCCOCCO[C@H]1[C@H]2O[C@H]3[C@H](O)[C@@H](O)[C@@H](O[C@H]4[C@H](O)[C@@H](O)[C@@H](O[C@H]5[C@H](O)[C@@H](O)[C@@H](O[C@H]6[C@H](O)[C@@H](O)[C@@H](O[C@H]7[C@H](O)[C@@H](O)[C@@H](O[C@H]8[C@H](O)[C@@H](O)[C@@H](O[C@@H]([C@@H]1O)[C@@H](CO)O2)O[C@@H]8CO)O[C@@H]7CO)O[C@@H]6CO)O[C@@H]5CO)O[C@@H]4CO)O[C@@H]3CO. The van der Waals surface area contributed by atoms with Crippen molar-refractivity contribution in [2.45, 2.75) is 215 Å². The van der Waals surface area contributed by atoms with E-state index in [1.807, 2.05) is 0 Å². The minimum Gasteiger partial charge on any atom is -0.394 e. The number of aliphatic hydroxyl groups is 20. The largest absolute Gasteiger partial charge is 0.394 e. The Kier molecular flexibility index (Phi) is 28.5. The van der Waals surface area contributed by atoms with Crippen LogP contribution in [-0.4, -0.2) is 416 Å². The zero-order valence-electron chi connectivity index (χ0n) is 48.4. The fraction of sp³-hybridized carbons (Fsp3) is 1.00. The van der Waals surface area contributed by atoms with E-state index in [-0.39, 0.29) is 46.2 Å². The highest BCUT2D eigenvalue weighted by Gasteiger charge is 2.60. The van der Waals surface area contributed by atoms with Crippen LogP contribution >= 0.6 is 0 Å². The molecule has 15 heterocycles. The molecule has 0 aromatic carbocycles. The molecule has 0 unspecified atom stereocenters. The Morgan fingerprint density at radius 2 is 0.473 bits per heavy atom. The van der Waals surface area contributed by atoms with E-state index in [1.54, 1.807) is 0 Å². The molecule has 15 aliphatic heterocycles. The molecule has 0 spiro atoms. The lowest BCUT2D eigenvalue weighted by Gasteiger charge is -2.50. The second-order valence-electron chi connectivity index (χ2n) is 22.3. The van der Waals surface area contributed by atoms with Gasteiger partial charge >= 0.3 is 0 Å². The molecule has 41 heteroatoms. The number of fused-ring (bicyclic) bond motifs is 7. The smallest absolute Gasteiger partial charge is 0.187 e. The van der Waals surface area contributed by atoms with E-state index >= 15 is 0 Å². The highest BCUT2D eigenvalue weighted by molar-refractivity contribution is 5.02. The van der Waals surface area contributed by atoms with Gasteiger partial charge in [-0.15, -0.1) is 0 Å². The molecule has 41 nitrogen and oxygen atoms in total. The van der Waals surface area contributed by atoms with Crippen molar-refractivity contribution in [3.8, 4) is 0 Å². The van der Waals surface area contributed by atoms with Gasteiger partial charge in [-0.25, -0.2) is 0 Å². The second-order valence-corrected chi connectivity index (χ2v) is 22.3. The maximum absolute atomic E-state index is 12.1. The van der Waals surface area contributed by atoms with Gasteiger partial charge < -0.3 is 187 Å². The average Bonchev–Trinajstić information content (AvgIpc) is 0.819. The molecular weight excluding hydrogens is 1250 g/mol. The van der Waals surface area contributed by atoms with Crippen LogP contribution in [0.5, 0.6) is 0 Å². The van der Waals surface area contributed by atoms with E-state index in [0.717, 1.165) is 0 Å². The maximum atomic E-state index is 12.1. The summed E-state index contributed by atoms with van der Waals surface area (Å²) < 4.78 is 104. The van der Waals surface area contributed by atoms with Crippen molar-refractivity contribution >= 4 is 0 Å². The summed E-state index contributed by atoms with van der Waals surface area (Å²) in [5.74, 6) is 0. The summed E-state index contributed by atoms with van der Waals surface area (Å²) >= 11 is 0. The molecule has 0 aromatic heterocycles. The molecule has 20 N–H and O–H groups in total. The Morgan fingerprint density at radius 3 is 0.714 bits per heavy atom. The van der Waals surface area contributed by atoms with E-state index in [0.29, 0.717) is 0 Å². The van der Waals surface area contributed by atoms with Crippen molar-refractivity contribution in [1.29, 1.82) is 0 Å². The number of hydrogen-bond donors (Lipinski definition) is 20. The zero-order valence-corrected chi connectivity index (χ0v) is 48.4. The van der Waals surface area contributed by atoms with Gasteiger partial charge in [-0.05, 0) is 5.53 Å². The van der Waals surface area contributed by atoms with Gasteiger partial charge in [0.1, 0.15) is 171 Å². The molecule has 15 rings (SSSR count). The van der Waals surface area contributed by atoms with Gasteiger partial charge in [0.2, 0.25) is 0 Å². The first-order chi connectivity index (χ1) is 43.7. The summed E-state index contributed by atoms with van der Waals surface area (Å²) in [5, 5.41) is 227. The predicted octanol–water partition coefficient (Wildman–Crippen LogP) is -13.8. The molecule has 0 amide bonds. The molecular formula is C50H85N3O38. The molecule has 91 heavy (non-hydrogen) atoms. The molecule has 0 aromatic rings. The topological polar surface area (TPSA) is 620 Å². The first kappa shape index (κ1) is 74.6. The second kappa shape index (κ2) is 34.8. The number of azide groups is 1. The normalized spacial score (nSPS) is 48.5. The Labute approximate surface area is 516 Å². The van der Waals surface area contributed by atoms with Gasteiger partial charge in [-0.2, -0.15) is 0 Å². The van der Waals surface area contributed by atoms with E-state index in [2.05, 4.69) is 10.0 Å². The third kappa shape index (κ3) is 17.0. The fourth-order valence-electron chi connectivity index (χ4n) is 11.5. The standard InChI is InChI=1S/C50H85N3O38/c51-53-52-1-2-74-3-4-75-5-6-76-7-8-77-43-35(73)42-22(15-60)84-50(43)91-41-21(14-59)83-48(34(72)28(41)66)89-39-19(12-57)81-46(32(70)26(39)64)87-37-17(10-55)79-44(30(68)24(37)62)85-36-16(9-54)78-45(29(67)23(36)61)86-38-18(11-56)80-47(31(69)25(38)63)88-40-20(13-58)82-49(90-42)33(71)27(40)65/h16-50,54-73H,1-15H2/t16-,17-,18-,19-,20-,21-,22-,23-,24-,25-,26-,27-,28-,29-,30-,31-,32-,33-,34-,35+,36-,37-,38-,39-,40-,41-,42-,43-,44-,45-,46-,47-,48-,49-,50-/m1/s1. The molecule has 15 aliphatic rings. The summed E-state index contributed by atoms with van der Waals surface area (Å²) in [6.45, 7) is -7.33. The Hall–Kier alpha value is -2.21. The van der Waals surface area contributed by atoms with Crippen molar-refractivity contribution in [1.82, 2.24) is 0 Å². The maximum Gasteiger partial charge on any atom is 0.187 e. The van der Waals surface area contributed by atoms with Crippen LogP contribution in [0, 0.1) is 0 Å². The summed E-state index contributed by atoms with van der Waals surface area (Å²) in [6.07, 6.45) is -70.1. The first-order valence-corrected chi connectivity index (χ1v) is 29.3. The fourth-order valence-corrected chi connectivity index (χ4v) is 11.5. The summed E-state index contributed by atoms with van der Waals surface area (Å²) in [5.41, 5.74) is 8.39. The summed E-state index contributed by atoms with van der Waals surface area (Å²) in [6, 6.07) is 0. The molecule has 14 bridgehead atoms. The lowest BCUT2D eigenvalue weighted by atomic mass is 9.95. The van der Waals surface area contributed by atoms with Gasteiger partial charge in [-0.1, -0.05) is 5.11 Å². The third-order valence-electron chi connectivity index (χ3n) is 16.4. The van der Waals surface area contributed by atoms with Gasteiger partial charge in [-0.3, -0.25) is 0 Å². The number of hydrogen-bond acceptors (Lipinski definition) is 39. The van der Waals surface area contributed by atoms with Crippen molar-refractivity contribution < 1.29 is 187 Å². The van der Waals surface area contributed by atoms with E-state index in [4.69, 9.17) is 90.8 Å². The van der Waals surface area contributed by atoms with Gasteiger partial charge in [0, 0.05) is 11.5 Å². The monoisotopic (exact) mass is 1340 g/mol. The average molecular weight is 1340 g/mol. The number of ether oxygens (including phenoxy) is 18. The third-order valence-corrected chi connectivity index (χ3v) is 16.4. The molecule has 0 saturated carbocycles. The van der Waals surface area contributed by atoms with E-state index in [1.165, 1.54) is 0 Å². The molecule has 0 aliphatic carbocycles. The summed E-state index contributed by atoms with van der Waals surface area (Å²) in [4.78, 5) is 2.62. The van der Waals surface area contributed by atoms with Crippen LogP contribution < -0.4 is 0 Å². The Morgan fingerprint density at radius 1 is 0.264 bits per heavy atom. The highest BCUT2D eigenvalue weighted by atomic mass is 16.8.